The van der Waals surface area contributed by atoms with Crippen molar-refractivity contribution in [2.24, 2.45) is 0 Å². The molecular formula is C9H11F2NS. The number of hydrogen-bond donors (Lipinski definition) is 2. The molecule has 0 bridgehead atoms. The zero-order valence-corrected chi connectivity index (χ0v) is 8.11. The van der Waals surface area contributed by atoms with Crippen LogP contribution in [0.15, 0.2) is 18.2 Å². The van der Waals surface area contributed by atoms with Crippen molar-refractivity contribution in [2.45, 2.75) is 6.04 Å². The van der Waals surface area contributed by atoms with Crippen LogP contribution >= 0.6 is 12.6 Å². The highest BCUT2D eigenvalue weighted by Crippen LogP contribution is 2.18. The molecule has 1 atom stereocenters. The molecule has 0 aliphatic heterocycles. The number of halogens is 2. The lowest BCUT2D eigenvalue weighted by Crippen LogP contribution is -2.19. The second-order valence-corrected chi connectivity index (χ2v) is 3.05. The van der Waals surface area contributed by atoms with Crippen LogP contribution < -0.4 is 5.32 Å². The summed E-state index contributed by atoms with van der Waals surface area (Å²) in [5.74, 6) is -0.412. The zero-order chi connectivity index (χ0) is 9.84. The van der Waals surface area contributed by atoms with Crippen LogP contribution in [0.5, 0.6) is 0 Å². The average Bonchev–Trinajstić information content (AvgIpc) is 2.13. The van der Waals surface area contributed by atoms with Gasteiger partial charge < -0.3 is 5.32 Å². The van der Waals surface area contributed by atoms with Gasteiger partial charge in [0.1, 0.15) is 11.6 Å². The summed E-state index contributed by atoms with van der Waals surface area (Å²) >= 11 is 4.04. The molecule has 1 nitrogen and oxygen atoms in total. The number of benzene rings is 1. The summed E-state index contributed by atoms with van der Waals surface area (Å²) in [6.07, 6.45) is 0. The first-order chi connectivity index (χ1) is 6.19. The van der Waals surface area contributed by atoms with Crippen molar-refractivity contribution >= 4 is 12.6 Å². The van der Waals surface area contributed by atoms with Crippen molar-refractivity contribution in [3.05, 3.63) is 35.4 Å². The van der Waals surface area contributed by atoms with E-state index in [0.717, 1.165) is 12.1 Å². The number of nitrogens with one attached hydrogen (secondary N) is 1. The highest BCUT2D eigenvalue weighted by molar-refractivity contribution is 7.80. The van der Waals surface area contributed by atoms with E-state index in [-0.39, 0.29) is 6.04 Å². The molecule has 0 saturated heterocycles. The molecule has 0 heterocycles. The summed E-state index contributed by atoms with van der Waals surface area (Å²) in [5, 5.41) is 2.85. The molecule has 0 aromatic heterocycles. The first-order valence-corrected chi connectivity index (χ1v) is 4.55. The van der Waals surface area contributed by atoms with Crippen LogP contribution in [0.4, 0.5) is 8.78 Å². The lowest BCUT2D eigenvalue weighted by Gasteiger charge is -2.14. The Labute approximate surface area is 81.6 Å². The topological polar surface area (TPSA) is 12.0 Å². The summed E-state index contributed by atoms with van der Waals surface area (Å²) in [4.78, 5) is 0. The van der Waals surface area contributed by atoms with E-state index in [1.165, 1.54) is 6.07 Å². The van der Waals surface area contributed by atoms with Crippen LogP contribution in [0.1, 0.15) is 11.6 Å². The quantitative estimate of drug-likeness (QED) is 0.717. The lowest BCUT2D eigenvalue weighted by atomic mass is 10.1. The number of thiol groups is 1. The molecule has 1 aromatic rings. The molecule has 1 N–H and O–H groups in total. The molecule has 0 aliphatic carbocycles. The van der Waals surface area contributed by atoms with Gasteiger partial charge in [-0.15, -0.1) is 0 Å². The Morgan fingerprint density at radius 3 is 2.69 bits per heavy atom. The van der Waals surface area contributed by atoms with Crippen molar-refractivity contribution in [3.8, 4) is 0 Å². The van der Waals surface area contributed by atoms with Gasteiger partial charge in [0.05, 0.1) is 0 Å². The van der Waals surface area contributed by atoms with E-state index in [1.807, 2.05) is 0 Å². The fourth-order valence-corrected chi connectivity index (χ4v) is 1.51. The molecular weight excluding hydrogens is 192 g/mol. The largest absolute Gasteiger partial charge is 0.312 e. The van der Waals surface area contributed by atoms with E-state index in [1.54, 1.807) is 7.05 Å². The second kappa shape index (κ2) is 4.58. The Kier molecular flexibility index (Phi) is 3.69. The molecule has 4 heteroatoms. The molecule has 1 aromatic carbocycles. The molecule has 0 fully saturated rings. The van der Waals surface area contributed by atoms with Crippen molar-refractivity contribution in [1.82, 2.24) is 5.32 Å². The minimum atomic E-state index is -0.432. The monoisotopic (exact) mass is 203 g/mol. The molecule has 0 saturated carbocycles. The van der Waals surface area contributed by atoms with Gasteiger partial charge in [0.25, 0.3) is 0 Å². The third-order valence-corrected chi connectivity index (χ3v) is 2.23. The molecule has 1 unspecified atom stereocenters. The van der Waals surface area contributed by atoms with Crippen molar-refractivity contribution in [3.63, 3.8) is 0 Å². The normalized spacial score (nSPS) is 12.9. The Morgan fingerprint density at radius 1 is 1.46 bits per heavy atom. The summed E-state index contributed by atoms with van der Waals surface area (Å²) in [5.41, 5.74) is 0.317. The summed E-state index contributed by atoms with van der Waals surface area (Å²) < 4.78 is 25.9. The van der Waals surface area contributed by atoms with Gasteiger partial charge in [-0.25, -0.2) is 8.78 Å². The Balaban J connectivity index is 3.03. The van der Waals surface area contributed by atoms with Gasteiger partial charge in [-0.3, -0.25) is 0 Å². The molecule has 72 valence electrons. The Bertz CT molecular complexity index is 287. The average molecular weight is 203 g/mol. The molecule has 1 rings (SSSR count). The van der Waals surface area contributed by atoms with E-state index >= 15 is 0 Å². The maximum absolute atomic E-state index is 13.2. The SMILES string of the molecule is CNC(CS)c1cc(F)ccc1F. The summed E-state index contributed by atoms with van der Waals surface area (Å²) in [7, 11) is 1.69. The first-order valence-electron chi connectivity index (χ1n) is 3.92. The predicted molar refractivity (Wildman–Crippen MR) is 52.0 cm³/mol. The lowest BCUT2D eigenvalue weighted by molar-refractivity contribution is 0.550. The van der Waals surface area contributed by atoms with Gasteiger partial charge in [0.2, 0.25) is 0 Å². The maximum Gasteiger partial charge on any atom is 0.128 e. The Hall–Kier alpha value is -0.610. The predicted octanol–water partition coefficient (Wildman–Crippen LogP) is 2.16. The second-order valence-electron chi connectivity index (χ2n) is 2.69. The van der Waals surface area contributed by atoms with Crippen molar-refractivity contribution < 1.29 is 8.78 Å². The third kappa shape index (κ3) is 2.42. The smallest absolute Gasteiger partial charge is 0.128 e. The van der Waals surface area contributed by atoms with Gasteiger partial charge in [0.15, 0.2) is 0 Å². The molecule has 0 aliphatic rings. The van der Waals surface area contributed by atoms with Gasteiger partial charge >= 0.3 is 0 Å². The van der Waals surface area contributed by atoms with Crippen LogP contribution in [-0.2, 0) is 0 Å². The van der Waals surface area contributed by atoms with Gasteiger partial charge in [-0.1, -0.05) is 0 Å². The van der Waals surface area contributed by atoms with Crippen LogP contribution in [0, 0.1) is 11.6 Å². The van der Waals surface area contributed by atoms with Crippen LogP contribution in [0.25, 0.3) is 0 Å². The number of hydrogen-bond acceptors (Lipinski definition) is 2. The standard InChI is InChI=1S/C9H11F2NS/c1-12-9(5-13)7-4-6(10)2-3-8(7)11/h2-4,9,12-13H,5H2,1H3. The molecule has 0 radical (unpaired) electrons. The minimum absolute atomic E-state index is 0.251. The molecule has 0 spiro atoms. The van der Waals surface area contributed by atoms with Crippen molar-refractivity contribution in [2.75, 3.05) is 12.8 Å². The first kappa shape index (κ1) is 10.5. The maximum atomic E-state index is 13.2. The number of rotatable bonds is 3. The van der Waals surface area contributed by atoms with E-state index in [4.69, 9.17) is 0 Å². The van der Waals surface area contributed by atoms with E-state index < -0.39 is 11.6 Å². The fourth-order valence-electron chi connectivity index (χ4n) is 1.13. The highest BCUT2D eigenvalue weighted by atomic mass is 32.1. The zero-order valence-electron chi connectivity index (χ0n) is 7.22. The van der Waals surface area contributed by atoms with E-state index in [9.17, 15) is 8.78 Å². The van der Waals surface area contributed by atoms with E-state index in [0.29, 0.717) is 11.3 Å². The van der Waals surface area contributed by atoms with Gasteiger partial charge in [0, 0.05) is 17.4 Å². The summed E-state index contributed by atoms with van der Waals surface area (Å²) in [6.45, 7) is 0. The Morgan fingerprint density at radius 2 is 2.15 bits per heavy atom. The van der Waals surface area contributed by atoms with Crippen LogP contribution in [0.3, 0.4) is 0 Å². The van der Waals surface area contributed by atoms with Gasteiger partial charge in [-0.2, -0.15) is 12.6 Å². The van der Waals surface area contributed by atoms with Crippen molar-refractivity contribution in [1.29, 1.82) is 0 Å². The minimum Gasteiger partial charge on any atom is -0.312 e. The molecule has 0 amide bonds. The van der Waals surface area contributed by atoms with Crippen LogP contribution in [-0.4, -0.2) is 12.8 Å². The van der Waals surface area contributed by atoms with Crippen LogP contribution in [0.2, 0.25) is 0 Å². The summed E-state index contributed by atoms with van der Waals surface area (Å²) in [6, 6.07) is 3.16. The molecule has 13 heavy (non-hydrogen) atoms. The fraction of sp³-hybridized carbons (Fsp3) is 0.333. The van der Waals surface area contributed by atoms with E-state index in [2.05, 4.69) is 17.9 Å². The third-order valence-electron chi connectivity index (χ3n) is 1.86. The highest BCUT2D eigenvalue weighted by Gasteiger charge is 2.12. The van der Waals surface area contributed by atoms with Gasteiger partial charge in [-0.05, 0) is 25.2 Å².